The summed E-state index contributed by atoms with van der Waals surface area (Å²) in [5.41, 5.74) is 10.5. The van der Waals surface area contributed by atoms with Gasteiger partial charge in [0.2, 0.25) is 5.91 Å². The first-order valence-electron chi connectivity index (χ1n) is 7.11. The third-order valence-corrected chi connectivity index (χ3v) is 3.64. The molecular weight excluding hydrogens is 272 g/mol. The number of aromatic nitrogens is 1. The highest BCUT2D eigenvalue weighted by Gasteiger charge is 2.07. The fraction of sp³-hybridized carbons (Fsp3) is 0.0526. The van der Waals surface area contributed by atoms with E-state index in [-0.39, 0.29) is 0 Å². The Morgan fingerprint density at radius 1 is 0.909 bits per heavy atom. The van der Waals surface area contributed by atoms with Gasteiger partial charge in [-0.2, -0.15) is 0 Å². The minimum absolute atomic E-state index is 0.406. The Morgan fingerprint density at radius 2 is 1.59 bits per heavy atom. The van der Waals surface area contributed by atoms with Crippen LogP contribution in [0.5, 0.6) is 0 Å². The van der Waals surface area contributed by atoms with E-state index in [2.05, 4.69) is 17.1 Å². The lowest BCUT2D eigenvalue weighted by Gasteiger charge is -2.10. The SMILES string of the molecule is NC(=O)c1ccc(-c2ccccc2Cc2ccncc2)cc1. The molecular formula is C19H16N2O. The first-order valence-corrected chi connectivity index (χ1v) is 7.11. The van der Waals surface area contributed by atoms with Crippen molar-refractivity contribution in [2.75, 3.05) is 0 Å². The van der Waals surface area contributed by atoms with Crippen molar-refractivity contribution in [3.05, 3.63) is 89.7 Å². The lowest BCUT2D eigenvalue weighted by atomic mass is 9.95. The number of pyridine rings is 1. The van der Waals surface area contributed by atoms with E-state index in [1.807, 2.05) is 36.4 Å². The molecule has 2 aromatic carbocycles. The van der Waals surface area contributed by atoms with Crippen LogP contribution in [0.2, 0.25) is 0 Å². The zero-order valence-corrected chi connectivity index (χ0v) is 12.1. The molecule has 2 N–H and O–H groups in total. The highest BCUT2D eigenvalue weighted by atomic mass is 16.1. The molecule has 0 aliphatic heterocycles. The Morgan fingerprint density at radius 3 is 2.27 bits per heavy atom. The minimum atomic E-state index is -0.406. The largest absolute Gasteiger partial charge is 0.366 e. The van der Waals surface area contributed by atoms with Gasteiger partial charge in [0.05, 0.1) is 0 Å². The van der Waals surface area contributed by atoms with Gasteiger partial charge in [0, 0.05) is 18.0 Å². The molecule has 22 heavy (non-hydrogen) atoms. The van der Waals surface area contributed by atoms with Crippen LogP contribution >= 0.6 is 0 Å². The average molecular weight is 288 g/mol. The van der Waals surface area contributed by atoms with Crippen molar-refractivity contribution in [3.8, 4) is 11.1 Å². The lowest BCUT2D eigenvalue weighted by Crippen LogP contribution is -2.10. The number of nitrogens with two attached hydrogens (primary N) is 1. The van der Waals surface area contributed by atoms with Gasteiger partial charge in [0.1, 0.15) is 0 Å². The maximum atomic E-state index is 11.2. The van der Waals surface area contributed by atoms with Crippen LogP contribution in [0.1, 0.15) is 21.5 Å². The van der Waals surface area contributed by atoms with Crippen molar-refractivity contribution in [1.82, 2.24) is 4.98 Å². The first kappa shape index (κ1) is 14.0. The maximum absolute atomic E-state index is 11.2. The molecule has 0 aliphatic rings. The summed E-state index contributed by atoms with van der Waals surface area (Å²) in [6.07, 6.45) is 4.45. The van der Waals surface area contributed by atoms with Crippen LogP contribution in [-0.2, 0) is 6.42 Å². The molecule has 0 saturated carbocycles. The van der Waals surface area contributed by atoms with E-state index in [9.17, 15) is 4.79 Å². The Labute approximate surface area is 129 Å². The summed E-state index contributed by atoms with van der Waals surface area (Å²) >= 11 is 0. The standard InChI is InChI=1S/C19H16N2O/c20-19(22)16-7-5-15(6-8-16)18-4-2-1-3-17(18)13-14-9-11-21-12-10-14/h1-12H,13H2,(H2,20,22). The van der Waals surface area contributed by atoms with Crippen LogP contribution < -0.4 is 5.73 Å². The zero-order valence-electron chi connectivity index (χ0n) is 12.1. The predicted octanol–water partition coefficient (Wildman–Crippen LogP) is 3.44. The molecule has 1 aromatic heterocycles. The minimum Gasteiger partial charge on any atom is -0.366 e. The van der Waals surface area contributed by atoms with Gasteiger partial charge in [-0.25, -0.2) is 0 Å². The van der Waals surface area contributed by atoms with E-state index < -0.39 is 5.91 Å². The van der Waals surface area contributed by atoms with Gasteiger partial charge in [0.15, 0.2) is 0 Å². The second kappa shape index (κ2) is 6.22. The topological polar surface area (TPSA) is 56.0 Å². The summed E-state index contributed by atoms with van der Waals surface area (Å²) in [5.74, 6) is -0.406. The molecule has 0 aliphatic carbocycles. The molecule has 0 saturated heterocycles. The predicted molar refractivity (Wildman–Crippen MR) is 87.4 cm³/mol. The van der Waals surface area contributed by atoms with Gasteiger partial charge in [-0.1, -0.05) is 36.4 Å². The van der Waals surface area contributed by atoms with E-state index in [0.717, 1.165) is 17.5 Å². The number of rotatable bonds is 4. The van der Waals surface area contributed by atoms with Gasteiger partial charge < -0.3 is 5.73 Å². The smallest absolute Gasteiger partial charge is 0.248 e. The van der Waals surface area contributed by atoms with E-state index in [1.54, 1.807) is 24.5 Å². The number of benzene rings is 2. The fourth-order valence-corrected chi connectivity index (χ4v) is 2.49. The van der Waals surface area contributed by atoms with Crippen LogP contribution in [0, 0.1) is 0 Å². The Hall–Kier alpha value is -2.94. The molecule has 3 aromatic rings. The summed E-state index contributed by atoms with van der Waals surface area (Å²) in [6.45, 7) is 0. The molecule has 3 nitrogen and oxygen atoms in total. The zero-order chi connectivity index (χ0) is 15.4. The van der Waals surface area contributed by atoms with Gasteiger partial charge in [-0.05, 0) is 52.9 Å². The number of primary amides is 1. The Bertz CT molecular complexity index is 780. The Kier molecular flexibility index (Phi) is 3.97. The molecule has 0 radical (unpaired) electrons. The van der Waals surface area contributed by atoms with Gasteiger partial charge in [-0.15, -0.1) is 0 Å². The third-order valence-electron chi connectivity index (χ3n) is 3.64. The van der Waals surface area contributed by atoms with Gasteiger partial charge in [-0.3, -0.25) is 9.78 Å². The summed E-state index contributed by atoms with van der Waals surface area (Å²) in [6, 6.07) is 19.7. The van der Waals surface area contributed by atoms with E-state index in [1.165, 1.54) is 11.1 Å². The second-order valence-corrected chi connectivity index (χ2v) is 5.13. The maximum Gasteiger partial charge on any atom is 0.248 e. The number of carbonyl (C=O) groups is 1. The van der Waals surface area contributed by atoms with Crippen molar-refractivity contribution >= 4 is 5.91 Å². The monoisotopic (exact) mass is 288 g/mol. The number of nitrogens with zero attached hydrogens (tertiary/aromatic N) is 1. The number of amides is 1. The summed E-state index contributed by atoms with van der Waals surface area (Å²) in [5, 5.41) is 0. The molecule has 0 bridgehead atoms. The number of hydrogen-bond donors (Lipinski definition) is 1. The van der Waals surface area contributed by atoms with Crippen LogP contribution in [0.15, 0.2) is 73.1 Å². The second-order valence-electron chi connectivity index (χ2n) is 5.13. The average Bonchev–Trinajstić information content (AvgIpc) is 2.56. The highest BCUT2D eigenvalue weighted by molar-refractivity contribution is 5.93. The molecule has 0 unspecified atom stereocenters. The van der Waals surface area contributed by atoms with Crippen molar-refractivity contribution in [2.24, 2.45) is 5.73 Å². The quantitative estimate of drug-likeness (QED) is 0.799. The highest BCUT2D eigenvalue weighted by Crippen LogP contribution is 2.26. The lowest BCUT2D eigenvalue weighted by molar-refractivity contribution is 0.100. The first-order chi connectivity index (χ1) is 10.7. The number of hydrogen-bond acceptors (Lipinski definition) is 2. The van der Waals surface area contributed by atoms with Gasteiger partial charge in [0.25, 0.3) is 0 Å². The van der Waals surface area contributed by atoms with E-state index in [0.29, 0.717) is 5.56 Å². The normalized spacial score (nSPS) is 10.4. The van der Waals surface area contributed by atoms with Crippen molar-refractivity contribution in [3.63, 3.8) is 0 Å². The third kappa shape index (κ3) is 3.04. The molecule has 108 valence electrons. The molecule has 1 amide bonds. The van der Waals surface area contributed by atoms with E-state index in [4.69, 9.17) is 5.73 Å². The van der Waals surface area contributed by atoms with Crippen LogP contribution in [0.3, 0.4) is 0 Å². The van der Waals surface area contributed by atoms with Crippen LogP contribution in [-0.4, -0.2) is 10.9 Å². The Balaban J connectivity index is 1.95. The summed E-state index contributed by atoms with van der Waals surface area (Å²) in [7, 11) is 0. The molecule has 0 spiro atoms. The van der Waals surface area contributed by atoms with Crippen molar-refractivity contribution < 1.29 is 4.79 Å². The fourth-order valence-electron chi connectivity index (χ4n) is 2.49. The summed E-state index contributed by atoms with van der Waals surface area (Å²) in [4.78, 5) is 15.2. The van der Waals surface area contributed by atoms with Crippen LogP contribution in [0.25, 0.3) is 11.1 Å². The molecule has 1 heterocycles. The molecule has 0 atom stereocenters. The molecule has 3 heteroatoms. The van der Waals surface area contributed by atoms with Gasteiger partial charge >= 0.3 is 0 Å². The van der Waals surface area contributed by atoms with Crippen molar-refractivity contribution in [1.29, 1.82) is 0 Å². The molecule has 0 fully saturated rings. The van der Waals surface area contributed by atoms with Crippen LogP contribution in [0.4, 0.5) is 0 Å². The van der Waals surface area contributed by atoms with E-state index >= 15 is 0 Å². The molecule has 3 rings (SSSR count). The van der Waals surface area contributed by atoms with Crippen molar-refractivity contribution in [2.45, 2.75) is 6.42 Å². The number of carbonyl (C=O) groups excluding carboxylic acids is 1. The summed E-state index contributed by atoms with van der Waals surface area (Å²) < 4.78 is 0.